The minimum atomic E-state index is 0.442. The zero-order valence-corrected chi connectivity index (χ0v) is 18.7. The van der Waals surface area contributed by atoms with Crippen molar-refractivity contribution in [2.24, 2.45) is 5.10 Å². The van der Waals surface area contributed by atoms with Crippen LogP contribution in [0, 0.1) is 0 Å². The molecule has 0 saturated heterocycles. The fraction of sp³-hybridized carbons (Fsp3) is 0.318. The van der Waals surface area contributed by atoms with E-state index in [4.69, 9.17) is 18.9 Å². The van der Waals surface area contributed by atoms with E-state index in [1.165, 1.54) is 11.0 Å². The van der Waals surface area contributed by atoms with Gasteiger partial charge in [-0.1, -0.05) is 6.07 Å². The van der Waals surface area contributed by atoms with Crippen LogP contribution in [-0.2, 0) is 6.54 Å². The number of benzene rings is 2. The Morgan fingerprint density at radius 3 is 2.31 bits per heavy atom. The minimum Gasteiger partial charge on any atom is -0.493 e. The van der Waals surface area contributed by atoms with Gasteiger partial charge in [-0.15, -0.1) is 10.2 Å². The molecule has 10 nitrogen and oxygen atoms in total. The van der Waals surface area contributed by atoms with Gasteiger partial charge in [-0.05, 0) is 55.3 Å². The first-order chi connectivity index (χ1) is 15.7. The fourth-order valence-electron chi connectivity index (χ4n) is 2.89. The molecule has 0 atom stereocenters. The van der Waals surface area contributed by atoms with Gasteiger partial charge in [0.15, 0.2) is 23.0 Å². The second-order valence-corrected chi connectivity index (χ2v) is 6.48. The molecule has 0 radical (unpaired) electrons. The van der Waals surface area contributed by atoms with Crippen LogP contribution in [0.3, 0.4) is 0 Å². The summed E-state index contributed by atoms with van der Waals surface area (Å²) < 4.78 is 23.4. The Morgan fingerprint density at radius 2 is 1.62 bits per heavy atom. The number of anilines is 1. The van der Waals surface area contributed by atoms with Gasteiger partial charge in [0, 0.05) is 6.54 Å². The van der Waals surface area contributed by atoms with Crippen LogP contribution in [0.4, 0.5) is 5.95 Å². The minimum absolute atomic E-state index is 0.442. The summed E-state index contributed by atoms with van der Waals surface area (Å²) in [6.07, 6.45) is 3.19. The standard InChI is InChI=1S/C22H28N6O4/c1-5-31-18-9-7-16(11-20(18)29-3)13-23-26-22-27-24-15-28(22)25-14-17-8-10-19(32-6-2)21(12-17)30-4/h7-12,14-15,23H,5-6,13H2,1-4H3,(H,26,27)/b25-14+. The normalized spacial score (nSPS) is 10.9. The van der Waals surface area contributed by atoms with Gasteiger partial charge in [0.2, 0.25) is 0 Å². The number of aromatic nitrogens is 3. The number of ether oxygens (including phenoxy) is 4. The van der Waals surface area contributed by atoms with Gasteiger partial charge in [-0.25, -0.2) is 5.43 Å². The fourth-order valence-corrected chi connectivity index (χ4v) is 2.89. The molecule has 0 saturated carbocycles. The van der Waals surface area contributed by atoms with Crippen molar-refractivity contribution in [2.45, 2.75) is 20.4 Å². The van der Waals surface area contributed by atoms with E-state index in [0.717, 1.165) is 11.1 Å². The lowest BCUT2D eigenvalue weighted by Gasteiger charge is -2.12. The Labute approximate surface area is 187 Å². The number of rotatable bonds is 12. The van der Waals surface area contributed by atoms with Crippen LogP contribution in [0.5, 0.6) is 23.0 Å². The highest BCUT2D eigenvalue weighted by Gasteiger charge is 2.07. The van der Waals surface area contributed by atoms with Crippen LogP contribution in [0.25, 0.3) is 0 Å². The highest BCUT2D eigenvalue weighted by atomic mass is 16.5. The van der Waals surface area contributed by atoms with Crippen LogP contribution in [0.1, 0.15) is 25.0 Å². The molecule has 1 aromatic heterocycles. The number of hydrogen-bond acceptors (Lipinski definition) is 9. The van der Waals surface area contributed by atoms with Crippen molar-refractivity contribution in [3.05, 3.63) is 53.9 Å². The average Bonchev–Trinajstić information content (AvgIpc) is 3.26. The predicted molar refractivity (Wildman–Crippen MR) is 122 cm³/mol. The smallest absolute Gasteiger partial charge is 0.259 e. The van der Waals surface area contributed by atoms with E-state index in [1.54, 1.807) is 20.4 Å². The topological polar surface area (TPSA) is 104 Å². The van der Waals surface area contributed by atoms with Gasteiger partial charge in [0.05, 0.1) is 33.6 Å². The molecule has 0 spiro atoms. The van der Waals surface area contributed by atoms with Crippen LogP contribution >= 0.6 is 0 Å². The Hall–Kier alpha value is -3.79. The van der Waals surface area contributed by atoms with Gasteiger partial charge in [-0.2, -0.15) is 9.78 Å². The van der Waals surface area contributed by atoms with E-state index in [2.05, 4.69) is 26.2 Å². The summed E-state index contributed by atoms with van der Waals surface area (Å²) in [4.78, 5) is 0. The molecule has 3 aromatic rings. The molecule has 32 heavy (non-hydrogen) atoms. The molecule has 170 valence electrons. The maximum absolute atomic E-state index is 5.55. The van der Waals surface area contributed by atoms with E-state index < -0.39 is 0 Å². The highest BCUT2D eigenvalue weighted by Crippen LogP contribution is 2.28. The maximum Gasteiger partial charge on any atom is 0.259 e. The van der Waals surface area contributed by atoms with Crippen LogP contribution in [0.15, 0.2) is 47.8 Å². The molecule has 0 aliphatic rings. The van der Waals surface area contributed by atoms with E-state index in [9.17, 15) is 0 Å². The zero-order chi connectivity index (χ0) is 22.8. The molecule has 0 fully saturated rings. The molecule has 0 unspecified atom stereocenters. The maximum atomic E-state index is 5.55. The highest BCUT2D eigenvalue weighted by molar-refractivity contribution is 5.81. The third kappa shape index (κ3) is 5.88. The zero-order valence-electron chi connectivity index (χ0n) is 18.7. The van der Waals surface area contributed by atoms with E-state index in [1.807, 2.05) is 50.2 Å². The molecule has 0 bridgehead atoms. The first kappa shape index (κ1) is 22.9. The van der Waals surface area contributed by atoms with E-state index >= 15 is 0 Å². The van der Waals surface area contributed by atoms with Gasteiger partial charge < -0.3 is 18.9 Å². The molecule has 10 heteroatoms. The first-order valence-electron chi connectivity index (χ1n) is 10.2. The monoisotopic (exact) mass is 440 g/mol. The van der Waals surface area contributed by atoms with Gasteiger partial charge in [0.1, 0.15) is 6.33 Å². The Bertz CT molecular complexity index is 1040. The van der Waals surface area contributed by atoms with Crippen molar-refractivity contribution in [3.8, 4) is 23.0 Å². The van der Waals surface area contributed by atoms with Crippen molar-refractivity contribution in [1.82, 2.24) is 20.3 Å². The summed E-state index contributed by atoms with van der Waals surface area (Å²) in [6, 6.07) is 11.4. The number of hydrogen-bond donors (Lipinski definition) is 2. The summed E-state index contributed by atoms with van der Waals surface area (Å²) in [6.45, 7) is 5.53. The number of nitrogens with one attached hydrogen (secondary N) is 2. The SMILES string of the molecule is CCOc1ccc(/C=N/n2cnnc2NNCc2ccc(OCC)c(OC)c2)cc1OC. The summed E-state index contributed by atoms with van der Waals surface area (Å²) in [5, 5.41) is 12.4. The average molecular weight is 441 g/mol. The molecule has 2 N–H and O–H groups in total. The molecule has 0 aliphatic carbocycles. The predicted octanol–water partition coefficient (Wildman–Crippen LogP) is 3.09. The van der Waals surface area contributed by atoms with Crippen molar-refractivity contribution >= 4 is 12.2 Å². The Balaban J connectivity index is 1.61. The third-order valence-corrected chi connectivity index (χ3v) is 4.37. The third-order valence-electron chi connectivity index (χ3n) is 4.37. The summed E-state index contributed by atoms with van der Waals surface area (Å²) in [5.74, 6) is 3.17. The quantitative estimate of drug-likeness (QED) is 0.327. The van der Waals surface area contributed by atoms with Crippen molar-refractivity contribution in [1.29, 1.82) is 0 Å². The van der Waals surface area contributed by atoms with Crippen LogP contribution in [0.2, 0.25) is 0 Å². The van der Waals surface area contributed by atoms with Crippen molar-refractivity contribution in [3.63, 3.8) is 0 Å². The van der Waals surface area contributed by atoms with E-state index in [0.29, 0.717) is 48.7 Å². The van der Waals surface area contributed by atoms with E-state index in [-0.39, 0.29) is 0 Å². The van der Waals surface area contributed by atoms with Crippen LogP contribution < -0.4 is 29.8 Å². The molecule has 3 rings (SSSR count). The van der Waals surface area contributed by atoms with Crippen LogP contribution in [-0.4, -0.2) is 48.5 Å². The summed E-state index contributed by atoms with van der Waals surface area (Å²) >= 11 is 0. The van der Waals surface area contributed by atoms with Gasteiger partial charge in [0.25, 0.3) is 5.95 Å². The largest absolute Gasteiger partial charge is 0.493 e. The molecule has 2 aromatic carbocycles. The lowest BCUT2D eigenvalue weighted by Crippen LogP contribution is -2.23. The molecule has 1 heterocycles. The Morgan fingerprint density at radius 1 is 0.938 bits per heavy atom. The van der Waals surface area contributed by atoms with Crippen molar-refractivity contribution < 1.29 is 18.9 Å². The second-order valence-electron chi connectivity index (χ2n) is 6.48. The lowest BCUT2D eigenvalue weighted by atomic mass is 10.2. The molecule has 0 amide bonds. The summed E-state index contributed by atoms with van der Waals surface area (Å²) in [7, 11) is 3.22. The molecular weight excluding hydrogens is 412 g/mol. The summed E-state index contributed by atoms with van der Waals surface area (Å²) in [5.41, 5.74) is 7.97. The second kappa shape index (κ2) is 11.6. The molecular formula is C22H28N6O4. The molecule has 0 aliphatic heterocycles. The Kier molecular flexibility index (Phi) is 8.27. The lowest BCUT2D eigenvalue weighted by molar-refractivity contribution is 0.310. The van der Waals surface area contributed by atoms with Crippen molar-refractivity contribution in [2.75, 3.05) is 32.9 Å². The van der Waals surface area contributed by atoms with Gasteiger partial charge >= 0.3 is 0 Å². The van der Waals surface area contributed by atoms with Gasteiger partial charge in [-0.3, -0.25) is 5.43 Å². The number of hydrazine groups is 1. The number of nitrogens with zero attached hydrogens (tertiary/aromatic N) is 4. The first-order valence-corrected chi connectivity index (χ1v) is 10.2. The number of methoxy groups -OCH3 is 2.